The highest BCUT2D eigenvalue weighted by molar-refractivity contribution is 7.89. The van der Waals surface area contributed by atoms with Crippen molar-refractivity contribution >= 4 is 33.0 Å². The maximum absolute atomic E-state index is 12.6. The molecule has 0 bridgehead atoms. The number of halogens is 1. The molecule has 1 fully saturated rings. The third-order valence-electron chi connectivity index (χ3n) is 4.50. The Morgan fingerprint density at radius 2 is 1.84 bits per heavy atom. The van der Waals surface area contributed by atoms with Gasteiger partial charge in [-0.05, 0) is 53.7 Å². The molecule has 0 aliphatic carbocycles. The summed E-state index contributed by atoms with van der Waals surface area (Å²) in [4.78, 5) is 4.88. The van der Waals surface area contributed by atoms with Crippen LogP contribution in [-0.4, -0.2) is 58.0 Å². The predicted molar refractivity (Wildman–Crippen MR) is 103 cm³/mol. The summed E-state index contributed by atoms with van der Waals surface area (Å²) < 4.78 is 27.9. The Labute approximate surface area is 158 Å². The Kier molecular flexibility index (Phi) is 6.14. The Morgan fingerprint density at radius 1 is 1.16 bits per heavy atom. The zero-order valence-corrected chi connectivity index (χ0v) is 16.4. The molecule has 1 aromatic heterocycles. The first-order valence-electron chi connectivity index (χ1n) is 8.15. The van der Waals surface area contributed by atoms with Crippen molar-refractivity contribution in [3.8, 4) is 0 Å². The van der Waals surface area contributed by atoms with Gasteiger partial charge in [-0.15, -0.1) is 0 Å². The van der Waals surface area contributed by atoms with Gasteiger partial charge >= 0.3 is 0 Å². The minimum absolute atomic E-state index is 0.0435. The molecule has 0 spiro atoms. The van der Waals surface area contributed by atoms with Crippen molar-refractivity contribution in [3.05, 3.63) is 51.7 Å². The maximum atomic E-state index is 12.6. The van der Waals surface area contributed by atoms with Crippen molar-refractivity contribution in [3.63, 3.8) is 0 Å². The lowest BCUT2D eigenvalue weighted by atomic mass is 10.1. The highest BCUT2D eigenvalue weighted by Gasteiger charge is 2.26. The molecule has 25 heavy (non-hydrogen) atoms. The molecule has 1 aromatic carbocycles. The van der Waals surface area contributed by atoms with E-state index in [-0.39, 0.29) is 10.9 Å². The van der Waals surface area contributed by atoms with Gasteiger partial charge in [-0.25, -0.2) is 13.1 Å². The molecule has 8 heteroatoms. The fraction of sp³-hybridized carbons (Fsp3) is 0.412. The number of sulfonamides is 1. The third kappa shape index (κ3) is 4.81. The van der Waals surface area contributed by atoms with E-state index >= 15 is 0 Å². The minimum Gasteiger partial charge on any atom is -0.304 e. The summed E-state index contributed by atoms with van der Waals surface area (Å²) in [5, 5.41) is 4.65. The van der Waals surface area contributed by atoms with Crippen LogP contribution < -0.4 is 4.72 Å². The number of hydrogen-bond acceptors (Lipinski definition) is 5. The first kappa shape index (κ1) is 18.8. The van der Waals surface area contributed by atoms with Gasteiger partial charge in [0.05, 0.1) is 4.90 Å². The van der Waals surface area contributed by atoms with E-state index < -0.39 is 10.0 Å². The number of hydrogen-bond donors (Lipinski definition) is 1. The van der Waals surface area contributed by atoms with E-state index in [0.717, 1.165) is 31.7 Å². The van der Waals surface area contributed by atoms with Crippen LogP contribution in [-0.2, 0) is 10.0 Å². The Bertz CT molecular complexity index is 771. The summed E-state index contributed by atoms with van der Waals surface area (Å²) in [5.41, 5.74) is 1.16. The second-order valence-electron chi connectivity index (χ2n) is 6.22. The van der Waals surface area contributed by atoms with E-state index in [1.54, 1.807) is 23.5 Å². The lowest BCUT2D eigenvalue weighted by molar-refractivity contribution is 0.113. The van der Waals surface area contributed by atoms with Crippen LogP contribution in [0.15, 0.2) is 46.0 Å². The molecule has 5 nitrogen and oxygen atoms in total. The maximum Gasteiger partial charge on any atom is 0.240 e. The molecule has 0 saturated carbocycles. The number of thiophene rings is 1. The Hall–Kier alpha value is -0.960. The molecule has 0 amide bonds. The van der Waals surface area contributed by atoms with Crippen LogP contribution in [0.25, 0.3) is 0 Å². The van der Waals surface area contributed by atoms with Crippen molar-refractivity contribution in [2.24, 2.45) is 0 Å². The molecule has 1 atom stereocenters. The summed E-state index contributed by atoms with van der Waals surface area (Å²) in [6.45, 7) is 4.19. The summed E-state index contributed by atoms with van der Waals surface area (Å²) in [6.07, 6.45) is 0. The smallest absolute Gasteiger partial charge is 0.240 e. The average Bonchev–Trinajstić information content (AvgIpc) is 3.11. The van der Waals surface area contributed by atoms with Crippen molar-refractivity contribution < 1.29 is 8.42 Å². The van der Waals surface area contributed by atoms with Crippen molar-refractivity contribution in [1.82, 2.24) is 14.5 Å². The van der Waals surface area contributed by atoms with Gasteiger partial charge in [0.15, 0.2) is 0 Å². The second kappa shape index (κ2) is 8.16. The molecule has 2 aromatic rings. The van der Waals surface area contributed by atoms with Crippen LogP contribution in [0, 0.1) is 0 Å². The molecular formula is C17H22ClN3O2S2. The van der Waals surface area contributed by atoms with Gasteiger partial charge in [0.2, 0.25) is 10.0 Å². The van der Waals surface area contributed by atoms with Crippen molar-refractivity contribution in [2.75, 3.05) is 39.8 Å². The van der Waals surface area contributed by atoms with Crippen LogP contribution >= 0.6 is 22.9 Å². The van der Waals surface area contributed by atoms with Gasteiger partial charge in [0.1, 0.15) is 0 Å². The zero-order valence-electron chi connectivity index (χ0n) is 14.1. The van der Waals surface area contributed by atoms with Crippen LogP contribution in [0.1, 0.15) is 11.6 Å². The molecule has 1 aliphatic rings. The molecule has 136 valence electrons. The summed E-state index contributed by atoms with van der Waals surface area (Å²) in [6, 6.07) is 8.35. The molecule has 2 heterocycles. The fourth-order valence-electron chi connectivity index (χ4n) is 2.94. The second-order valence-corrected chi connectivity index (χ2v) is 9.20. The van der Waals surface area contributed by atoms with Gasteiger partial charge in [-0.1, -0.05) is 11.6 Å². The number of piperazine rings is 1. The molecule has 0 unspecified atom stereocenters. The van der Waals surface area contributed by atoms with Gasteiger partial charge in [0, 0.05) is 43.8 Å². The number of rotatable bonds is 6. The molecule has 1 N–H and O–H groups in total. The number of nitrogens with zero attached hydrogens (tertiary/aromatic N) is 2. The monoisotopic (exact) mass is 399 g/mol. The Morgan fingerprint density at radius 3 is 2.44 bits per heavy atom. The molecule has 3 rings (SSSR count). The normalized spacial score (nSPS) is 18.3. The average molecular weight is 400 g/mol. The molecule has 1 aliphatic heterocycles. The highest BCUT2D eigenvalue weighted by atomic mass is 35.5. The van der Waals surface area contributed by atoms with E-state index in [2.05, 4.69) is 33.0 Å². The van der Waals surface area contributed by atoms with Crippen LogP contribution in [0.4, 0.5) is 0 Å². The number of benzene rings is 1. The van der Waals surface area contributed by atoms with Crippen LogP contribution in [0.5, 0.6) is 0 Å². The SMILES string of the molecule is CN1CCN([C@@H](CNS(=O)(=O)c2ccc(Cl)cc2)c2ccsc2)CC1. The summed E-state index contributed by atoms with van der Waals surface area (Å²) in [5.74, 6) is 0. The molecular weight excluding hydrogens is 378 g/mol. The van der Waals surface area contributed by atoms with Gasteiger partial charge < -0.3 is 4.90 Å². The van der Waals surface area contributed by atoms with Gasteiger partial charge in [0.25, 0.3) is 0 Å². The molecule has 0 radical (unpaired) electrons. The van der Waals surface area contributed by atoms with Gasteiger partial charge in [-0.2, -0.15) is 11.3 Å². The molecule has 1 saturated heterocycles. The minimum atomic E-state index is -3.55. The van der Waals surface area contributed by atoms with Crippen LogP contribution in [0.3, 0.4) is 0 Å². The summed E-state index contributed by atoms with van der Waals surface area (Å²) >= 11 is 7.48. The lowest BCUT2D eigenvalue weighted by Crippen LogP contribution is -2.48. The lowest BCUT2D eigenvalue weighted by Gasteiger charge is -2.37. The topological polar surface area (TPSA) is 52.6 Å². The van der Waals surface area contributed by atoms with E-state index in [0.29, 0.717) is 11.6 Å². The zero-order chi connectivity index (χ0) is 17.9. The largest absolute Gasteiger partial charge is 0.304 e. The third-order valence-corrected chi connectivity index (χ3v) is 6.89. The van der Waals surface area contributed by atoms with E-state index in [1.807, 2.05) is 5.38 Å². The number of nitrogens with one attached hydrogen (secondary N) is 1. The summed E-state index contributed by atoms with van der Waals surface area (Å²) in [7, 11) is -1.44. The number of likely N-dealkylation sites (N-methyl/N-ethyl adjacent to an activating group) is 1. The highest BCUT2D eigenvalue weighted by Crippen LogP contribution is 2.24. The predicted octanol–water partition coefficient (Wildman–Crippen LogP) is 2.67. The van der Waals surface area contributed by atoms with Crippen molar-refractivity contribution in [1.29, 1.82) is 0 Å². The van der Waals surface area contributed by atoms with Crippen LogP contribution in [0.2, 0.25) is 5.02 Å². The van der Waals surface area contributed by atoms with Crippen molar-refractivity contribution in [2.45, 2.75) is 10.9 Å². The van der Waals surface area contributed by atoms with E-state index in [9.17, 15) is 8.42 Å². The van der Waals surface area contributed by atoms with Gasteiger partial charge in [-0.3, -0.25) is 4.90 Å². The fourth-order valence-corrected chi connectivity index (χ4v) is 4.81. The van der Waals surface area contributed by atoms with E-state index in [1.165, 1.54) is 12.1 Å². The standard InChI is InChI=1S/C17H22ClN3O2S2/c1-20-7-9-21(10-8-20)17(14-6-11-24-13-14)12-19-25(22,23)16-4-2-15(18)3-5-16/h2-6,11,13,17,19H,7-10,12H2,1H3/t17-/m0/s1. The Balaban J connectivity index is 1.73. The van der Waals surface area contributed by atoms with E-state index in [4.69, 9.17) is 11.6 Å². The first-order chi connectivity index (χ1) is 12.0. The first-order valence-corrected chi connectivity index (χ1v) is 11.0. The quantitative estimate of drug-likeness (QED) is 0.811.